The lowest BCUT2D eigenvalue weighted by Gasteiger charge is -2.24. The number of anilines is 1. The van der Waals surface area contributed by atoms with Gasteiger partial charge in [-0.15, -0.1) is 0 Å². The number of carbonyl (C=O) groups excluding carboxylic acids is 9. The number of pyridine rings is 1. The highest BCUT2D eigenvalue weighted by molar-refractivity contribution is 9.10. The third-order valence-corrected chi connectivity index (χ3v) is 16.0. The molecular weight excluding hydrogens is 1270 g/mol. The minimum Gasteiger partial charge on any atom is -0.469 e. The number of hydrogen-bond donors (Lipinski definition) is 5. The van der Waals surface area contributed by atoms with Crippen molar-refractivity contribution in [2.24, 2.45) is 5.41 Å². The highest BCUT2D eigenvalue weighted by Crippen LogP contribution is 2.36. The van der Waals surface area contributed by atoms with Crippen LogP contribution in [0.1, 0.15) is 165 Å². The molecule has 1 fully saturated rings. The molecule has 1 aromatic carbocycles. The van der Waals surface area contributed by atoms with Crippen LogP contribution in [-0.4, -0.2) is 182 Å². The smallest absolute Gasteiger partial charge is 0.328 e. The number of nitrogens with zero attached hydrogens (tertiary/aromatic N) is 6. The quantitative estimate of drug-likeness (QED) is 0.0126. The molecular formula is C66H96BrN11O15. The molecule has 3 aromatic heterocycles. The van der Waals surface area contributed by atoms with Crippen molar-refractivity contribution >= 4 is 85.8 Å². The third kappa shape index (κ3) is 28.8. The van der Waals surface area contributed by atoms with Crippen molar-refractivity contribution in [1.29, 1.82) is 0 Å². The molecule has 1 aliphatic heterocycles. The Hall–Kier alpha value is -7.33. The van der Waals surface area contributed by atoms with Crippen LogP contribution < -0.4 is 26.6 Å². The molecule has 4 heterocycles. The summed E-state index contributed by atoms with van der Waals surface area (Å²) >= 11 is 3.35. The number of aryl methyl sites for hydroxylation is 1. The van der Waals surface area contributed by atoms with Crippen LogP contribution in [0.5, 0.6) is 0 Å². The van der Waals surface area contributed by atoms with Crippen LogP contribution in [0.4, 0.5) is 5.82 Å². The van der Waals surface area contributed by atoms with E-state index in [4.69, 9.17) is 23.7 Å². The van der Waals surface area contributed by atoms with Crippen molar-refractivity contribution in [2.75, 3.05) is 92.0 Å². The summed E-state index contributed by atoms with van der Waals surface area (Å²) in [7, 11) is 2.67. The number of rotatable bonds is 46. The molecule has 0 radical (unpaired) electrons. The molecule has 0 aliphatic carbocycles. The summed E-state index contributed by atoms with van der Waals surface area (Å²) in [6, 6.07) is 7.35. The van der Waals surface area contributed by atoms with Crippen molar-refractivity contribution in [3.8, 4) is 11.1 Å². The first-order valence-corrected chi connectivity index (χ1v) is 33.2. The van der Waals surface area contributed by atoms with Gasteiger partial charge in [0.1, 0.15) is 53.8 Å². The number of esters is 2. The molecule has 0 saturated carbocycles. The Morgan fingerprint density at radius 1 is 0.656 bits per heavy atom. The van der Waals surface area contributed by atoms with Gasteiger partial charge < -0.3 is 59.9 Å². The Morgan fingerprint density at radius 2 is 1.23 bits per heavy atom. The molecule has 0 unspecified atom stereocenters. The van der Waals surface area contributed by atoms with E-state index in [2.05, 4.69) is 67.3 Å². The van der Waals surface area contributed by atoms with Crippen LogP contribution >= 0.6 is 15.9 Å². The van der Waals surface area contributed by atoms with E-state index >= 15 is 0 Å². The second-order valence-electron chi connectivity index (χ2n) is 23.9. The van der Waals surface area contributed by atoms with Gasteiger partial charge in [-0.2, -0.15) is 5.10 Å². The molecule has 26 nitrogen and oxygen atoms in total. The Balaban J connectivity index is 0.842. The number of Topliss-reactive ketones (excluding diaryl/α,β-unsaturated/α-hetero) is 1. The summed E-state index contributed by atoms with van der Waals surface area (Å²) in [5, 5.41) is 18.8. The molecule has 1 aliphatic rings. The van der Waals surface area contributed by atoms with Crippen LogP contribution in [0.15, 0.2) is 47.3 Å². The summed E-state index contributed by atoms with van der Waals surface area (Å²) in [6.07, 6.45) is 20.2. The summed E-state index contributed by atoms with van der Waals surface area (Å²) in [5.74, 6) is -2.19. The largest absolute Gasteiger partial charge is 0.469 e. The molecule has 4 aromatic rings. The topological polar surface area (TPSA) is 329 Å². The van der Waals surface area contributed by atoms with Crippen molar-refractivity contribution in [3.05, 3.63) is 64.4 Å². The third-order valence-electron chi connectivity index (χ3n) is 15.6. The number of ether oxygens (including phenoxy) is 6. The van der Waals surface area contributed by atoms with E-state index in [9.17, 15) is 43.2 Å². The zero-order chi connectivity index (χ0) is 67.4. The standard InChI is InChI=1S/C66H96BrN11O15/c1-46-23-27-54(67)74-63(46)75-64(86)53-38-66(3,4)45-77(53)60(84)42-78-52-26-24-48(37-50(52)62(76-78)47(2)79)49-39-70-55(71-40-49)41-72-59(83)44-93-36-34-91-32-30-69-58(82)43-92-35-33-90-31-29-68-56(80)28-25-51(65(87)89-6)73-57(81)21-19-17-15-13-11-9-7-8-10-12-14-16-18-20-22-61(85)88-5/h23-24,26-27,37,39-40,51,53H,7-22,25,28-36,38,41-45H2,1-6H3,(H,68,80)(H,69,82)(H,72,83)(H,73,81)(H,74,75,86)/t51-,53-/m0/s1. The first-order valence-electron chi connectivity index (χ1n) is 32.4. The number of benzene rings is 1. The van der Waals surface area contributed by atoms with Gasteiger partial charge in [0.15, 0.2) is 5.78 Å². The maximum atomic E-state index is 14.0. The molecule has 93 heavy (non-hydrogen) atoms. The number of unbranched alkanes of at least 4 members (excludes halogenated alkanes) is 13. The fourth-order valence-electron chi connectivity index (χ4n) is 10.5. The predicted molar refractivity (Wildman–Crippen MR) is 350 cm³/mol. The number of halogens is 1. The monoisotopic (exact) mass is 1360 g/mol. The maximum Gasteiger partial charge on any atom is 0.328 e. The molecule has 5 N–H and O–H groups in total. The van der Waals surface area contributed by atoms with Crippen molar-refractivity contribution < 1.29 is 71.6 Å². The molecule has 27 heteroatoms. The second kappa shape index (κ2) is 42.1. The molecule has 0 bridgehead atoms. The van der Waals surface area contributed by atoms with E-state index in [0.717, 1.165) is 44.1 Å². The van der Waals surface area contributed by atoms with Crippen molar-refractivity contribution in [3.63, 3.8) is 0 Å². The Labute approximate surface area is 553 Å². The maximum absolute atomic E-state index is 14.0. The minimum atomic E-state index is -0.923. The van der Waals surface area contributed by atoms with E-state index in [-0.39, 0.29) is 150 Å². The Kier molecular flexibility index (Phi) is 34.6. The number of hydrogen-bond acceptors (Lipinski definition) is 19. The number of ketones is 1. The van der Waals surface area contributed by atoms with E-state index in [1.807, 2.05) is 32.9 Å². The van der Waals surface area contributed by atoms with Gasteiger partial charge in [0.2, 0.25) is 35.4 Å². The highest BCUT2D eigenvalue weighted by atomic mass is 79.9. The molecule has 0 spiro atoms. The SMILES string of the molecule is COC(=O)CCCCCCCCCCCCCCCCC(=O)N[C@@H](CCC(=O)NCCOCCOCC(=O)NCCOCCOCC(=O)NCc1ncc(-c2ccc3c(c2)c(C(C)=O)nn3CC(=O)N2CC(C)(C)C[C@H]2C(=O)Nc2nc(Br)ccc2C)cn1)C(=O)OC. The van der Waals surface area contributed by atoms with Crippen LogP contribution in [0.2, 0.25) is 0 Å². The average Bonchev–Trinajstić information content (AvgIpc) is 1.68. The zero-order valence-corrected chi connectivity index (χ0v) is 56.6. The predicted octanol–water partition coefficient (Wildman–Crippen LogP) is 7.20. The first-order chi connectivity index (χ1) is 44.8. The van der Waals surface area contributed by atoms with Crippen LogP contribution in [-0.2, 0) is 79.9 Å². The number of aromatic nitrogens is 5. The minimum absolute atomic E-state index is 0.00425. The zero-order valence-electron chi connectivity index (χ0n) is 55.0. The molecule has 6 amide bonds. The van der Waals surface area contributed by atoms with Gasteiger partial charge in [0.05, 0.1) is 65.9 Å². The summed E-state index contributed by atoms with van der Waals surface area (Å²) in [5.41, 5.74) is 2.56. The normalized spacial score (nSPS) is 13.7. The number of carbonyl (C=O) groups is 9. The van der Waals surface area contributed by atoms with Gasteiger partial charge in [-0.3, -0.25) is 43.0 Å². The fraction of sp³-hybridized carbons (Fsp3) is 0.621. The second-order valence-corrected chi connectivity index (χ2v) is 24.7. The summed E-state index contributed by atoms with van der Waals surface area (Å²) in [4.78, 5) is 128. The Morgan fingerprint density at radius 3 is 1.82 bits per heavy atom. The van der Waals surface area contributed by atoms with Crippen LogP contribution in [0.3, 0.4) is 0 Å². The molecule has 1 saturated heterocycles. The number of amides is 6. The van der Waals surface area contributed by atoms with Gasteiger partial charge >= 0.3 is 11.9 Å². The van der Waals surface area contributed by atoms with E-state index in [1.165, 1.54) is 77.2 Å². The van der Waals surface area contributed by atoms with Crippen molar-refractivity contribution in [1.82, 2.24) is 50.9 Å². The van der Waals surface area contributed by atoms with Crippen LogP contribution in [0.25, 0.3) is 22.0 Å². The number of likely N-dealkylation sites (tertiary alicyclic amines) is 1. The van der Waals surface area contributed by atoms with Crippen molar-refractivity contribution in [2.45, 2.75) is 175 Å². The number of methoxy groups -OCH3 is 2. The van der Waals surface area contributed by atoms with E-state index < -0.39 is 18.1 Å². The molecule has 5 rings (SSSR count). The highest BCUT2D eigenvalue weighted by Gasteiger charge is 2.44. The van der Waals surface area contributed by atoms with Crippen LogP contribution in [0, 0.1) is 12.3 Å². The van der Waals surface area contributed by atoms with Gasteiger partial charge in [-0.25, -0.2) is 19.7 Å². The number of fused-ring (bicyclic) bond motifs is 1. The summed E-state index contributed by atoms with van der Waals surface area (Å²) < 4.78 is 33.3. The fourth-order valence-corrected chi connectivity index (χ4v) is 10.8. The van der Waals surface area contributed by atoms with Gasteiger partial charge in [-0.1, -0.05) is 103 Å². The van der Waals surface area contributed by atoms with Gasteiger partial charge in [0, 0.05) is 69.2 Å². The van der Waals surface area contributed by atoms with E-state index in [0.29, 0.717) is 64.1 Å². The molecule has 2 atom stereocenters. The first kappa shape index (κ1) is 76.4. The average molecular weight is 1360 g/mol. The van der Waals surface area contributed by atoms with E-state index in [1.54, 1.807) is 35.5 Å². The lowest BCUT2D eigenvalue weighted by molar-refractivity contribution is -0.145. The lowest BCUT2D eigenvalue weighted by Crippen LogP contribution is -2.44. The summed E-state index contributed by atoms with van der Waals surface area (Å²) in [6.45, 7) is 8.59. The van der Waals surface area contributed by atoms with Gasteiger partial charge in [-0.05, 0) is 83.3 Å². The lowest BCUT2D eigenvalue weighted by atomic mass is 9.90. The number of nitrogens with one attached hydrogen (secondary N) is 5. The molecule has 512 valence electrons. The Bertz CT molecular complexity index is 3050. The van der Waals surface area contributed by atoms with Gasteiger partial charge in [0.25, 0.3) is 0 Å².